The third kappa shape index (κ3) is 4.19. The quantitative estimate of drug-likeness (QED) is 0.515. The Labute approximate surface area is 142 Å². The molecule has 0 aromatic heterocycles. The maximum absolute atomic E-state index is 5.97. The van der Waals surface area contributed by atoms with Crippen LogP contribution in [0.1, 0.15) is 0 Å². The predicted molar refractivity (Wildman–Crippen MR) is 107 cm³/mol. The Morgan fingerprint density at radius 1 is 0.696 bits per heavy atom. The van der Waals surface area contributed by atoms with Gasteiger partial charge in [-0.05, 0) is 48.4 Å². The first kappa shape index (κ1) is 17.7. The van der Waals surface area contributed by atoms with Crippen molar-refractivity contribution in [2.75, 3.05) is 0 Å². The van der Waals surface area contributed by atoms with Gasteiger partial charge < -0.3 is 4.12 Å². The van der Waals surface area contributed by atoms with Crippen LogP contribution in [0, 0.1) is 0 Å². The van der Waals surface area contributed by atoms with Crippen molar-refractivity contribution in [1.29, 1.82) is 0 Å². The summed E-state index contributed by atoms with van der Waals surface area (Å²) in [6, 6.07) is 17.1. The summed E-state index contributed by atoms with van der Waals surface area (Å²) in [7, 11) is -3.16. The van der Waals surface area contributed by atoms with Crippen molar-refractivity contribution >= 4 is 16.6 Å². The summed E-state index contributed by atoms with van der Waals surface area (Å²) in [5, 5.41) is 0. The van der Waals surface area contributed by atoms with Crippen LogP contribution in [0.3, 0.4) is 0 Å². The summed E-state index contributed by atoms with van der Waals surface area (Å²) in [6.45, 7) is 16.2. The van der Waals surface area contributed by atoms with Crippen molar-refractivity contribution < 1.29 is 4.12 Å². The minimum atomic E-state index is -1.74. The maximum atomic E-state index is 5.97. The van der Waals surface area contributed by atoms with E-state index in [0.29, 0.717) is 0 Å². The summed E-state index contributed by atoms with van der Waals surface area (Å²) >= 11 is 0. The first-order valence-electron chi connectivity index (χ1n) is 7.96. The molecular formula is C20H26OSi2. The van der Waals surface area contributed by atoms with Crippen molar-refractivity contribution in [2.24, 2.45) is 0 Å². The Morgan fingerprint density at radius 3 is 1.17 bits per heavy atom. The molecule has 0 heterocycles. The lowest BCUT2D eigenvalue weighted by Gasteiger charge is -2.29. The van der Waals surface area contributed by atoms with Crippen LogP contribution in [-0.2, 0) is 4.12 Å². The van der Waals surface area contributed by atoms with E-state index in [-0.39, 0.29) is 0 Å². The number of rotatable bonds is 4. The molecule has 2 aromatic carbocycles. The smallest absolute Gasteiger partial charge is 0.226 e. The summed E-state index contributed by atoms with van der Waals surface area (Å²) in [4.78, 5) is 0. The maximum Gasteiger partial charge on any atom is 0.226 e. The van der Waals surface area contributed by atoms with Gasteiger partial charge in [0.2, 0.25) is 8.32 Å². The molecule has 23 heavy (non-hydrogen) atoms. The second-order valence-electron chi connectivity index (χ2n) is 6.90. The Hall–Kier alpha value is -1.69. The highest BCUT2D eigenvalue weighted by atomic mass is 28.4. The van der Waals surface area contributed by atoms with Gasteiger partial charge in [0.1, 0.15) is 0 Å². The number of hydrogen-bond acceptors (Lipinski definition) is 1. The lowest BCUT2D eigenvalue weighted by molar-refractivity contribution is 0.571. The molecule has 0 saturated carbocycles. The van der Waals surface area contributed by atoms with Crippen molar-refractivity contribution in [3.63, 3.8) is 0 Å². The Balaban J connectivity index is 0.000000168. The molecule has 0 fully saturated rings. The van der Waals surface area contributed by atoms with Gasteiger partial charge in [-0.25, -0.2) is 0 Å². The van der Waals surface area contributed by atoms with Gasteiger partial charge in [0.25, 0.3) is 0 Å². The molecule has 120 valence electrons. The van der Waals surface area contributed by atoms with E-state index < -0.39 is 16.6 Å². The monoisotopic (exact) mass is 338 g/mol. The van der Waals surface area contributed by atoms with Gasteiger partial charge in [-0.1, -0.05) is 59.9 Å². The summed E-state index contributed by atoms with van der Waals surface area (Å²) in [6.07, 6.45) is 0. The molecule has 0 amide bonds. The minimum Gasteiger partial charge on any atom is -0.450 e. The highest BCUT2D eigenvalue weighted by molar-refractivity contribution is 6.90. The lowest BCUT2D eigenvalue weighted by Crippen LogP contribution is -2.41. The second kappa shape index (κ2) is 6.83. The molecule has 2 aromatic rings. The van der Waals surface area contributed by atoms with Crippen LogP contribution in [0.4, 0.5) is 0 Å². The van der Waals surface area contributed by atoms with Gasteiger partial charge in [0, 0.05) is 0 Å². The third-order valence-corrected chi connectivity index (χ3v) is 9.60. The van der Waals surface area contributed by atoms with Crippen LogP contribution in [0.2, 0.25) is 26.2 Å². The Kier molecular flexibility index (Phi) is 5.24. The highest BCUT2D eigenvalue weighted by Gasteiger charge is 2.28. The molecule has 1 aliphatic carbocycles. The number of hydrogen-bond donors (Lipinski definition) is 0. The summed E-state index contributed by atoms with van der Waals surface area (Å²) < 4.78 is 5.97. The average molecular weight is 339 g/mol. The number of fused-ring (bicyclic) bond motifs is 4. The normalized spacial score (nSPS) is 12.0. The topological polar surface area (TPSA) is 9.23 Å². The van der Waals surface area contributed by atoms with E-state index >= 15 is 0 Å². The Morgan fingerprint density at radius 2 is 1.00 bits per heavy atom. The molecule has 1 aliphatic rings. The molecule has 1 nitrogen and oxygen atoms in total. The molecule has 0 aliphatic heterocycles. The first-order valence-corrected chi connectivity index (χ1v) is 13.9. The molecule has 0 saturated heterocycles. The van der Waals surface area contributed by atoms with E-state index in [1.165, 1.54) is 22.3 Å². The third-order valence-electron chi connectivity index (χ3n) is 3.77. The zero-order valence-corrected chi connectivity index (χ0v) is 16.6. The van der Waals surface area contributed by atoms with Crippen molar-refractivity contribution in [1.82, 2.24) is 0 Å². The van der Waals surface area contributed by atoms with Crippen LogP contribution < -0.4 is 0 Å². The summed E-state index contributed by atoms with van der Waals surface area (Å²) in [5.41, 5.74) is 9.44. The zero-order chi connectivity index (χ0) is 17.1. The van der Waals surface area contributed by atoms with E-state index in [0.717, 1.165) is 0 Å². The van der Waals surface area contributed by atoms with E-state index in [2.05, 4.69) is 87.9 Å². The number of benzene rings is 2. The standard InChI is InChI=1S/C12H8.C8H18OSi2/c1-2-6-10-9(5-1)11-7-3-4-8-12(10)11;1-7-11(6,8-2)9-10(3,4)5/h1-8H;7-8H,1-2H2,3-6H3. The highest BCUT2D eigenvalue weighted by Crippen LogP contribution is 2.46. The molecular weight excluding hydrogens is 312 g/mol. The lowest BCUT2D eigenvalue weighted by atomic mass is 9.81. The fourth-order valence-electron chi connectivity index (χ4n) is 2.67. The molecule has 0 N–H and O–H groups in total. The van der Waals surface area contributed by atoms with Gasteiger partial charge >= 0.3 is 0 Å². The fraction of sp³-hybridized carbons (Fsp3) is 0.200. The van der Waals surface area contributed by atoms with Crippen LogP contribution in [-0.4, -0.2) is 16.6 Å². The van der Waals surface area contributed by atoms with Crippen LogP contribution in [0.25, 0.3) is 22.3 Å². The van der Waals surface area contributed by atoms with Crippen molar-refractivity contribution in [3.05, 3.63) is 73.1 Å². The van der Waals surface area contributed by atoms with Gasteiger partial charge in [0.15, 0.2) is 8.32 Å². The Bertz CT molecular complexity index is 606. The molecule has 0 bridgehead atoms. The largest absolute Gasteiger partial charge is 0.450 e. The van der Waals surface area contributed by atoms with E-state index in [1.807, 2.05) is 11.4 Å². The summed E-state index contributed by atoms with van der Waals surface area (Å²) in [5.74, 6) is 0. The SMILES string of the molecule is C=C[Si](C)(C=C)O[Si](C)(C)C.c1ccc2c(c1)-c1ccccc1-2. The molecule has 0 spiro atoms. The molecule has 0 radical (unpaired) electrons. The van der Waals surface area contributed by atoms with Gasteiger partial charge in [-0.15, -0.1) is 13.2 Å². The molecule has 0 atom stereocenters. The zero-order valence-electron chi connectivity index (χ0n) is 14.6. The van der Waals surface area contributed by atoms with E-state index in [9.17, 15) is 0 Å². The fourth-order valence-corrected chi connectivity index (χ4v) is 8.78. The average Bonchev–Trinajstić information content (AvgIpc) is 2.51. The molecule has 3 rings (SSSR count). The van der Waals surface area contributed by atoms with Crippen LogP contribution in [0.15, 0.2) is 73.1 Å². The van der Waals surface area contributed by atoms with Crippen LogP contribution >= 0.6 is 0 Å². The van der Waals surface area contributed by atoms with Crippen LogP contribution in [0.5, 0.6) is 0 Å². The predicted octanol–water partition coefficient (Wildman–Crippen LogP) is 6.20. The first-order chi connectivity index (χ1) is 10.8. The minimum absolute atomic E-state index is 1.40. The van der Waals surface area contributed by atoms with Gasteiger partial charge in [-0.3, -0.25) is 0 Å². The van der Waals surface area contributed by atoms with Crippen molar-refractivity contribution in [3.8, 4) is 22.3 Å². The second-order valence-corrected chi connectivity index (χ2v) is 15.1. The van der Waals surface area contributed by atoms with Gasteiger partial charge in [0.05, 0.1) is 0 Å². The van der Waals surface area contributed by atoms with Gasteiger partial charge in [-0.2, -0.15) is 0 Å². The molecule has 0 unspecified atom stereocenters. The van der Waals surface area contributed by atoms with Crippen molar-refractivity contribution in [2.45, 2.75) is 26.2 Å². The van der Waals surface area contributed by atoms with E-state index in [4.69, 9.17) is 4.12 Å². The van der Waals surface area contributed by atoms with E-state index in [1.54, 1.807) is 0 Å². The molecule has 3 heteroatoms.